The van der Waals surface area contributed by atoms with Crippen molar-refractivity contribution in [1.82, 2.24) is 14.3 Å². The van der Waals surface area contributed by atoms with Crippen LogP contribution in [0.4, 0.5) is 5.82 Å². The maximum Gasteiger partial charge on any atom is 0.267 e. The number of hydrogen-bond acceptors (Lipinski definition) is 7. The molecule has 2 aliphatic rings. The molecule has 2 unspecified atom stereocenters. The van der Waals surface area contributed by atoms with Gasteiger partial charge in [0, 0.05) is 25.9 Å². The van der Waals surface area contributed by atoms with Crippen LogP contribution in [0, 0.1) is 12.8 Å². The molecule has 0 bridgehead atoms. The van der Waals surface area contributed by atoms with E-state index in [1.54, 1.807) is 17.2 Å². The number of pyridine rings is 1. The SMILES string of the molecule is CCCCC(CC)CN1C(=O)C(=Cc2c(NCC3CCCO3)nc3c(C)cccn3c2=O)SC1=S. The van der Waals surface area contributed by atoms with E-state index in [4.69, 9.17) is 21.9 Å². The number of nitrogens with zero attached hydrogens (tertiary/aromatic N) is 3. The summed E-state index contributed by atoms with van der Waals surface area (Å²) < 4.78 is 7.83. The van der Waals surface area contributed by atoms with E-state index in [0.717, 1.165) is 50.7 Å². The average molecular weight is 515 g/mol. The molecule has 2 aromatic rings. The molecular weight excluding hydrogens is 480 g/mol. The van der Waals surface area contributed by atoms with Gasteiger partial charge in [-0.05, 0) is 49.8 Å². The number of rotatable bonds is 10. The lowest BCUT2D eigenvalue weighted by molar-refractivity contribution is -0.122. The van der Waals surface area contributed by atoms with Gasteiger partial charge in [0.15, 0.2) is 0 Å². The summed E-state index contributed by atoms with van der Waals surface area (Å²) in [4.78, 5) is 33.8. The van der Waals surface area contributed by atoms with Crippen LogP contribution in [0.1, 0.15) is 63.5 Å². The quantitative estimate of drug-likeness (QED) is 0.353. The highest BCUT2D eigenvalue weighted by atomic mass is 32.2. The van der Waals surface area contributed by atoms with Crippen molar-refractivity contribution in [2.24, 2.45) is 5.92 Å². The number of anilines is 1. The van der Waals surface area contributed by atoms with Gasteiger partial charge < -0.3 is 10.1 Å². The fraction of sp³-hybridized carbons (Fsp3) is 0.538. The van der Waals surface area contributed by atoms with E-state index in [1.165, 1.54) is 16.2 Å². The topological polar surface area (TPSA) is 75.9 Å². The van der Waals surface area contributed by atoms with E-state index in [-0.39, 0.29) is 17.6 Å². The van der Waals surface area contributed by atoms with Crippen molar-refractivity contribution in [2.45, 2.75) is 65.4 Å². The first-order valence-electron chi connectivity index (χ1n) is 12.6. The zero-order valence-corrected chi connectivity index (χ0v) is 22.3. The third-order valence-corrected chi connectivity index (χ3v) is 8.12. The summed E-state index contributed by atoms with van der Waals surface area (Å²) in [6, 6.07) is 3.76. The molecule has 2 atom stereocenters. The van der Waals surface area contributed by atoms with Crippen LogP contribution in [0.15, 0.2) is 28.0 Å². The van der Waals surface area contributed by atoms with Gasteiger partial charge >= 0.3 is 0 Å². The van der Waals surface area contributed by atoms with Crippen LogP contribution in [-0.2, 0) is 9.53 Å². The number of thiocarbonyl (C=S) groups is 1. The number of carbonyl (C=O) groups excluding carboxylic acids is 1. The van der Waals surface area contributed by atoms with Gasteiger partial charge in [-0.1, -0.05) is 63.2 Å². The van der Waals surface area contributed by atoms with Crippen molar-refractivity contribution in [3.05, 3.63) is 44.7 Å². The second kappa shape index (κ2) is 11.7. The summed E-state index contributed by atoms with van der Waals surface area (Å²) in [5, 5.41) is 3.33. The Hall–Kier alpha value is -2.23. The number of carbonyl (C=O) groups is 1. The molecule has 0 radical (unpaired) electrons. The van der Waals surface area contributed by atoms with E-state index in [2.05, 4.69) is 19.2 Å². The van der Waals surface area contributed by atoms with Gasteiger partial charge in [0.05, 0.1) is 16.6 Å². The normalized spacial score (nSPS) is 20.4. The van der Waals surface area contributed by atoms with Gasteiger partial charge in [0.1, 0.15) is 15.8 Å². The van der Waals surface area contributed by atoms with E-state index in [9.17, 15) is 9.59 Å². The van der Waals surface area contributed by atoms with Crippen LogP contribution in [0.25, 0.3) is 11.7 Å². The predicted octanol–water partition coefficient (Wildman–Crippen LogP) is 5.01. The van der Waals surface area contributed by atoms with Crippen molar-refractivity contribution in [2.75, 3.05) is 25.0 Å². The van der Waals surface area contributed by atoms with Crippen LogP contribution >= 0.6 is 24.0 Å². The summed E-state index contributed by atoms with van der Waals surface area (Å²) in [5.74, 6) is 0.754. The number of nitrogens with one attached hydrogen (secondary N) is 1. The maximum absolute atomic E-state index is 13.5. The Kier molecular flexibility index (Phi) is 8.62. The Morgan fingerprint density at radius 1 is 1.37 bits per heavy atom. The monoisotopic (exact) mass is 514 g/mol. The van der Waals surface area contributed by atoms with Crippen molar-refractivity contribution in [3.8, 4) is 0 Å². The van der Waals surface area contributed by atoms with Gasteiger partial charge in [-0.15, -0.1) is 0 Å². The van der Waals surface area contributed by atoms with Gasteiger partial charge in [0.2, 0.25) is 0 Å². The van der Waals surface area contributed by atoms with Crippen molar-refractivity contribution < 1.29 is 9.53 Å². The number of ether oxygens (including phenoxy) is 1. The average Bonchev–Trinajstić information content (AvgIpc) is 3.46. The van der Waals surface area contributed by atoms with Crippen LogP contribution in [0.2, 0.25) is 0 Å². The first-order valence-corrected chi connectivity index (χ1v) is 13.8. The van der Waals surface area contributed by atoms with E-state index >= 15 is 0 Å². The standard InChI is InChI=1S/C26H34N4O3S2/c1-4-6-10-18(5-2)16-30-25(32)21(35-26(30)34)14-20-22(27-15-19-11-8-13-33-19)28-23-17(3)9-7-12-29(23)24(20)31/h7,9,12,14,18-19,27H,4-6,8,10-11,13,15-16H2,1-3H3. The van der Waals surface area contributed by atoms with Crippen molar-refractivity contribution in [3.63, 3.8) is 0 Å². The van der Waals surface area contributed by atoms with E-state index < -0.39 is 0 Å². The molecule has 1 amide bonds. The van der Waals surface area contributed by atoms with Crippen LogP contribution in [0.3, 0.4) is 0 Å². The summed E-state index contributed by atoms with van der Waals surface area (Å²) in [6.45, 7) is 8.20. The molecule has 4 rings (SSSR count). The molecule has 2 aromatic heterocycles. The molecule has 2 aliphatic heterocycles. The van der Waals surface area contributed by atoms with Gasteiger partial charge in [0.25, 0.3) is 11.5 Å². The second-order valence-electron chi connectivity index (χ2n) is 9.29. The lowest BCUT2D eigenvalue weighted by Crippen LogP contribution is -2.33. The molecule has 4 heterocycles. The number of unbranched alkanes of at least 4 members (excludes halogenated alkanes) is 1. The van der Waals surface area contributed by atoms with Gasteiger partial charge in [-0.2, -0.15) is 0 Å². The number of fused-ring (bicyclic) bond motifs is 1. The highest BCUT2D eigenvalue weighted by Gasteiger charge is 2.34. The van der Waals surface area contributed by atoms with Crippen LogP contribution in [0.5, 0.6) is 0 Å². The molecule has 35 heavy (non-hydrogen) atoms. The number of thioether (sulfide) groups is 1. The Bertz CT molecular complexity index is 1190. The molecule has 0 spiro atoms. The molecule has 0 saturated carbocycles. The minimum absolute atomic E-state index is 0.0901. The van der Waals surface area contributed by atoms with E-state index in [1.807, 2.05) is 19.1 Å². The maximum atomic E-state index is 13.5. The molecule has 2 fully saturated rings. The fourth-order valence-corrected chi connectivity index (χ4v) is 5.81. The molecule has 2 saturated heterocycles. The highest BCUT2D eigenvalue weighted by molar-refractivity contribution is 8.26. The van der Waals surface area contributed by atoms with Crippen molar-refractivity contribution >= 4 is 51.7 Å². The molecule has 188 valence electrons. The van der Waals surface area contributed by atoms with Crippen molar-refractivity contribution in [1.29, 1.82) is 0 Å². The largest absolute Gasteiger partial charge is 0.376 e. The zero-order chi connectivity index (χ0) is 24.9. The Labute approximate surface area is 216 Å². The molecule has 0 aromatic carbocycles. The molecule has 1 N–H and O–H groups in total. The molecule has 9 heteroatoms. The fourth-order valence-electron chi connectivity index (χ4n) is 4.56. The smallest absolute Gasteiger partial charge is 0.267 e. The molecule has 7 nitrogen and oxygen atoms in total. The minimum atomic E-state index is -0.215. The summed E-state index contributed by atoms with van der Waals surface area (Å²) in [7, 11) is 0. The Morgan fingerprint density at radius 3 is 2.91 bits per heavy atom. The van der Waals surface area contributed by atoms with E-state index in [0.29, 0.717) is 45.3 Å². The summed E-state index contributed by atoms with van der Waals surface area (Å²) in [6.07, 6.45) is 9.83. The van der Waals surface area contributed by atoms with Crippen LogP contribution in [-0.4, -0.2) is 50.3 Å². The predicted molar refractivity (Wildman–Crippen MR) is 147 cm³/mol. The summed E-state index contributed by atoms with van der Waals surface area (Å²) >= 11 is 6.83. The third kappa shape index (κ3) is 5.78. The number of aromatic nitrogens is 2. The molecule has 0 aliphatic carbocycles. The Balaban J connectivity index is 1.67. The van der Waals surface area contributed by atoms with Gasteiger partial charge in [-0.3, -0.25) is 18.9 Å². The third-order valence-electron chi connectivity index (χ3n) is 6.74. The number of aryl methyl sites for hydroxylation is 1. The van der Waals surface area contributed by atoms with Crippen LogP contribution < -0.4 is 10.9 Å². The minimum Gasteiger partial charge on any atom is -0.376 e. The zero-order valence-electron chi connectivity index (χ0n) is 20.7. The Morgan fingerprint density at radius 2 is 2.20 bits per heavy atom. The summed E-state index contributed by atoms with van der Waals surface area (Å²) in [5.41, 5.74) is 1.65. The first kappa shape index (κ1) is 25.9. The highest BCUT2D eigenvalue weighted by Crippen LogP contribution is 2.34. The first-order chi connectivity index (χ1) is 16.9. The number of amides is 1. The lowest BCUT2D eigenvalue weighted by atomic mass is 9.99. The number of hydrogen-bond donors (Lipinski definition) is 1. The second-order valence-corrected chi connectivity index (χ2v) is 11.0. The molecular formula is C26H34N4O3S2. The lowest BCUT2D eigenvalue weighted by Gasteiger charge is -2.21. The van der Waals surface area contributed by atoms with Gasteiger partial charge in [-0.25, -0.2) is 4.98 Å².